The number of hydrogen-bond donors (Lipinski definition) is 0. The summed E-state index contributed by atoms with van der Waals surface area (Å²) in [5.74, 6) is -0.472. The number of carbonyl (C=O) groups is 1. The lowest BCUT2D eigenvalue weighted by molar-refractivity contribution is 0.0997. The Morgan fingerprint density at radius 1 is 1.24 bits per heavy atom. The minimum absolute atomic E-state index is 0.0173. The first-order valence-corrected chi connectivity index (χ1v) is 14.1. The first kappa shape index (κ1) is 25.1. The average molecular weight is 539 g/mol. The molecule has 10 heteroatoms. The number of nitrogens with zero attached hydrogens (tertiary/aromatic N) is 3. The van der Waals surface area contributed by atoms with Gasteiger partial charge < -0.3 is 4.57 Å². The van der Waals surface area contributed by atoms with E-state index in [2.05, 4.69) is 11.6 Å². The van der Waals surface area contributed by atoms with Crippen molar-refractivity contribution in [3.8, 4) is 0 Å². The van der Waals surface area contributed by atoms with E-state index in [9.17, 15) is 13.2 Å². The number of thiazole rings is 1. The number of carbonyl (C=O) groups excluding carboxylic acids is 1. The van der Waals surface area contributed by atoms with Gasteiger partial charge >= 0.3 is 0 Å². The van der Waals surface area contributed by atoms with Crippen LogP contribution in [0.1, 0.15) is 43.0 Å². The van der Waals surface area contributed by atoms with Crippen molar-refractivity contribution in [3.63, 3.8) is 0 Å². The van der Waals surface area contributed by atoms with Crippen LogP contribution in [-0.4, -0.2) is 35.8 Å². The Morgan fingerprint density at radius 3 is 2.65 bits per heavy atom. The van der Waals surface area contributed by atoms with Crippen molar-refractivity contribution < 1.29 is 13.2 Å². The molecule has 1 saturated heterocycles. The van der Waals surface area contributed by atoms with E-state index >= 15 is 0 Å². The lowest BCUT2D eigenvalue weighted by Crippen LogP contribution is -2.43. The van der Waals surface area contributed by atoms with Crippen LogP contribution in [0.15, 0.2) is 58.9 Å². The van der Waals surface area contributed by atoms with Gasteiger partial charge in [0, 0.05) is 29.7 Å². The van der Waals surface area contributed by atoms with Gasteiger partial charge in [-0.3, -0.25) is 4.79 Å². The van der Waals surface area contributed by atoms with Crippen molar-refractivity contribution in [2.75, 3.05) is 6.54 Å². The second kappa shape index (κ2) is 10.3. The number of benzene rings is 2. The number of halogens is 2. The summed E-state index contributed by atoms with van der Waals surface area (Å²) in [5.41, 5.74) is 1.03. The van der Waals surface area contributed by atoms with E-state index in [0.29, 0.717) is 33.5 Å². The zero-order valence-electron chi connectivity index (χ0n) is 18.7. The standard InChI is InChI=1S/C24H25Cl2N3O3S2/c1-3-12-28-22-20(26)14-17(25)15-21(22)33-24(28)27-23(30)16-8-10-19(11-9-16)34(31,32)29-13-6-5-7-18(29)4-2/h3,8-11,14-15,18H,1,4-7,12-13H2,2H3. The molecular formula is C24H25Cl2N3O3S2. The predicted octanol–water partition coefficient (Wildman–Crippen LogP) is 5.89. The molecule has 6 nitrogen and oxygen atoms in total. The van der Waals surface area contributed by atoms with Crippen molar-refractivity contribution in [2.24, 2.45) is 4.99 Å². The summed E-state index contributed by atoms with van der Waals surface area (Å²) < 4.78 is 30.6. The van der Waals surface area contributed by atoms with Gasteiger partial charge in [-0.2, -0.15) is 9.30 Å². The fourth-order valence-corrected chi connectivity index (χ4v) is 7.85. The Hall–Kier alpha value is -1.97. The smallest absolute Gasteiger partial charge is 0.279 e. The summed E-state index contributed by atoms with van der Waals surface area (Å²) in [5, 5.41) is 0.963. The maximum absolute atomic E-state index is 13.2. The quantitative estimate of drug-likeness (QED) is 0.368. The summed E-state index contributed by atoms with van der Waals surface area (Å²) in [6, 6.07) is 9.44. The lowest BCUT2D eigenvalue weighted by Gasteiger charge is -2.34. The third-order valence-electron chi connectivity index (χ3n) is 5.96. The number of hydrogen-bond acceptors (Lipinski definition) is 4. The molecule has 34 heavy (non-hydrogen) atoms. The minimum Gasteiger partial charge on any atom is -0.311 e. The minimum atomic E-state index is -3.61. The van der Waals surface area contributed by atoms with Crippen molar-refractivity contribution in [3.05, 3.63) is 69.5 Å². The normalized spacial score (nSPS) is 17.9. The van der Waals surface area contributed by atoms with Gasteiger partial charge in [-0.1, -0.05) is 54.0 Å². The largest absolute Gasteiger partial charge is 0.311 e. The maximum Gasteiger partial charge on any atom is 0.279 e. The van der Waals surface area contributed by atoms with Gasteiger partial charge in [0.15, 0.2) is 4.80 Å². The molecule has 1 amide bonds. The summed E-state index contributed by atoms with van der Waals surface area (Å²) in [4.78, 5) is 17.9. The number of sulfonamides is 1. The first-order valence-electron chi connectivity index (χ1n) is 11.1. The van der Waals surface area contributed by atoms with E-state index < -0.39 is 15.9 Å². The van der Waals surface area contributed by atoms with Crippen LogP contribution in [0.25, 0.3) is 10.2 Å². The molecule has 2 heterocycles. The zero-order valence-corrected chi connectivity index (χ0v) is 21.9. The summed E-state index contributed by atoms with van der Waals surface area (Å²) in [7, 11) is -3.61. The number of allylic oxidation sites excluding steroid dienone is 1. The number of aromatic nitrogens is 1. The number of fused-ring (bicyclic) bond motifs is 1. The van der Waals surface area contributed by atoms with Crippen LogP contribution in [0.5, 0.6) is 0 Å². The summed E-state index contributed by atoms with van der Waals surface area (Å²) in [6.45, 7) is 6.73. The topological polar surface area (TPSA) is 71.7 Å². The van der Waals surface area contributed by atoms with Gasteiger partial charge in [-0.25, -0.2) is 8.42 Å². The second-order valence-electron chi connectivity index (χ2n) is 8.13. The molecule has 0 spiro atoms. The fourth-order valence-electron chi connectivity index (χ4n) is 4.27. The van der Waals surface area contributed by atoms with Crippen molar-refractivity contribution in [1.82, 2.24) is 8.87 Å². The predicted molar refractivity (Wildman–Crippen MR) is 138 cm³/mol. The van der Waals surface area contributed by atoms with Crippen LogP contribution in [0.4, 0.5) is 0 Å². The molecule has 0 saturated carbocycles. The Kier molecular flexibility index (Phi) is 7.64. The Labute approximate surface area is 213 Å². The number of rotatable bonds is 6. The molecule has 1 atom stereocenters. The first-order chi connectivity index (χ1) is 16.3. The van der Waals surface area contributed by atoms with E-state index in [1.54, 1.807) is 22.5 Å². The van der Waals surface area contributed by atoms with Gasteiger partial charge in [0.05, 0.1) is 20.1 Å². The molecule has 1 aliphatic heterocycles. The molecule has 0 aliphatic carbocycles. The molecule has 4 rings (SSSR count). The Bertz CT molecular complexity index is 1410. The number of amides is 1. The van der Waals surface area contributed by atoms with Crippen LogP contribution in [0.2, 0.25) is 10.0 Å². The number of piperidine rings is 1. The summed E-state index contributed by atoms with van der Waals surface area (Å²) >= 11 is 13.8. The van der Waals surface area contributed by atoms with Crippen molar-refractivity contribution in [2.45, 2.75) is 50.1 Å². The Balaban J connectivity index is 1.67. The van der Waals surface area contributed by atoms with Crippen LogP contribution in [0.3, 0.4) is 0 Å². The van der Waals surface area contributed by atoms with Crippen LogP contribution in [-0.2, 0) is 16.6 Å². The molecule has 2 aromatic carbocycles. The maximum atomic E-state index is 13.2. The molecule has 1 unspecified atom stereocenters. The van der Waals surface area contributed by atoms with Crippen molar-refractivity contribution >= 4 is 60.7 Å². The molecule has 180 valence electrons. The van der Waals surface area contributed by atoms with Crippen LogP contribution < -0.4 is 4.80 Å². The van der Waals surface area contributed by atoms with Gasteiger partial charge in [-0.05, 0) is 55.7 Å². The highest BCUT2D eigenvalue weighted by Gasteiger charge is 2.32. The highest BCUT2D eigenvalue weighted by molar-refractivity contribution is 7.89. The van der Waals surface area contributed by atoms with Crippen molar-refractivity contribution in [1.29, 1.82) is 0 Å². The molecular weight excluding hydrogens is 513 g/mol. The zero-order chi connectivity index (χ0) is 24.5. The van der Waals surface area contributed by atoms with Crippen LogP contribution >= 0.6 is 34.5 Å². The van der Waals surface area contributed by atoms with Gasteiger partial charge in [0.25, 0.3) is 5.91 Å². The lowest BCUT2D eigenvalue weighted by atomic mass is 10.0. The van der Waals surface area contributed by atoms with E-state index in [0.717, 1.165) is 35.9 Å². The fraction of sp³-hybridized carbons (Fsp3) is 0.333. The van der Waals surface area contributed by atoms with E-state index in [-0.39, 0.29) is 10.9 Å². The SMILES string of the molecule is C=CCn1c(=NC(=O)c2ccc(S(=O)(=O)N3CCCCC3CC)cc2)sc2cc(Cl)cc(Cl)c21. The summed E-state index contributed by atoms with van der Waals surface area (Å²) in [6.07, 6.45) is 5.26. The molecule has 1 aliphatic rings. The molecule has 1 fully saturated rings. The molecule has 0 N–H and O–H groups in total. The van der Waals surface area contributed by atoms with E-state index in [1.807, 2.05) is 11.5 Å². The highest BCUT2D eigenvalue weighted by Crippen LogP contribution is 2.30. The second-order valence-corrected chi connectivity index (χ2v) is 11.9. The Morgan fingerprint density at radius 2 is 1.97 bits per heavy atom. The third-order valence-corrected chi connectivity index (χ3v) is 9.45. The highest BCUT2D eigenvalue weighted by atomic mass is 35.5. The van der Waals surface area contributed by atoms with Gasteiger partial charge in [0.1, 0.15) is 0 Å². The van der Waals surface area contributed by atoms with Gasteiger partial charge in [-0.15, -0.1) is 6.58 Å². The third kappa shape index (κ3) is 4.88. The van der Waals surface area contributed by atoms with E-state index in [4.69, 9.17) is 23.2 Å². The van der Waals surface area contributed by atoms with Crippen LogP contribution in [0, 0.1) is 0 Å². The molecule has 0 bridgehead atoms. The monoisotopic (exact) mass is 537 g/mol. The van der Waals surface area contributed by atoms with Gasteiger partial charge in [0.2, 0.25) is 10.0 Å². The molecule has 1 aromatic heterocycles. The van der Waals surface area contributed by atoms with E-state index in [1.165, 1.54) is 35.6 Å². The molecule has 0 radical (unpaired) electrons. The average Bonchev–Trinajstić information content (AvgIpc) is 3.16. The molecule has 3 aromatic rings.